The van der Waals surface area contributed by atoms with Crippen molar-refractivity contribution in [1.82, 2.24) is 15.1 Å². The van der Waals surface area contributed by atoms with E-state index in [1.165, 1.54) is 5.56 Å². The van der Waals surface area contributed by atoms with Gasteiger partial charge in [0.05, 0.1) is 18.8 Å². The zero-order chi connectivity index (χ0) is 21.3. The molecule has 0 bridgehead atoms. The van der Waals surface area contributed by atoms with Gasteiger partial charge >= 0.3 is 0 Å². The van der Waals surface area contributed by atoms with Crippen molar-refractivity contribution in [1.29, 1.82) is 0 Å². The van der Waals surface area contributed by atoms with Crippen LogP contribution < -0.4 is 4.74 Å². The minimum atomic E-state index is -0.129. The second-order valence-electron chi connectivity index (χ2n) is 8.17. The molecule has 1 aliphatic heterocycles. The van der Waals surface area contributed by atoms with Gasteiger partial charge in [0, 0.05) is 17.7 Å². The molecule has 4 rings (SSSR count). The number of H-pyrrole nitrogens is 1. The number of unbranched alkanes of at least 4 members (excludes halogenated alkanes) is 1. The number of rotatable bonds is 7. The van der Waals surface area contributed by atoms with Crippen molar-refractivity contribution in [3.63, 3.8) is 0 Å². The van der Waals surface area contributed by atoms with Crippen molar-refractivity contribution in [2.45, 2.75) is 45.6 Å². The Labute approximate surface area is 178 Å². The topological polar surface area (TPSA) is 58.2 Å². The predicted molar refractivity (Wildman–Crippen MR) is 119 cm³/mol. The van der Waals surface area contributed by atoms with E-state index in [0.717, 1.165) is 47.5 Å². The molecule has 0 saturated carbocycles. The molecule has 2 heterocycles. The highest BCUT2D eigenvalue weighted by atomic mass is 16.5. The van der Waals surface area contributed by atoms with Crippen LogP contribution in [0.4, 0.5) is 0 Å². The molecule has 5 heteroatoms. The average Bonchev–Trinajstić information content (AvgIpc) is 3.31. The molecule has 0 radical (unpaired) electrons. The normalized spacial score (nSPS) is 15.7. The number of carbonyl (C=O) groups excluding carboxylic acids is 1. The van der Waals surface area contributed by atoms with Gasteiger partial charge in [-0.3, -0.25) is 9.89 Å². The van der Waals surface area contributed by atoms with Crippen molar-refractivity contribution in [3.05, 3.63) is 70.9 Å². The first-order chi connectivity index (χ1) is 14.5. The molecule has 1 unspecified atom stereocenters. The molecule has 1 atom stereocenters. The smallest absolute Gasteiger partial charge is 0.273 e. The second kappa shape index (κ2) is 8.34. The van der Waals surface area contributed by atoms with Gasteiger partial charge < -0.3 is 9.64 Å². The van der Waals surface area contributed by atoms with Crippen LogP contribution in [0.5, 0.6) is 5.75 Å². The van der Waals surface area contributed by atoms with Crippen LogP contribution in [0, 0.1) is 0 Å². The number of hydrogen-bond acceptors (Lipinski definition) is 3. The molecule has 0 saturated heterocycles. The summed E-state index contributed by atoms with van der Waals surface area (Å²) in [4.78, 5) is 15.2. The van der Waals surface area contributed by atoms with Crippen LogP contribution in [0.3, 0.4) is 0 Å². The minimum absolute atomic E-state index is 0.0312. The predicted octanol–water partition coefficient (Wildman–Crippen LogP) is 5.55. The van der Waals surface area contributed by atoms with E-state index in [4.69, 9.17) is 4.74 Å². The first-order valence-electron chi connectivity index (χ1n) is 10.7. The SMILES string of the molecule is CCCCN1C(=O)c2[nH]nc(-c3ccc(OC)cc3)c2C1c1ccc(C(C)C)cc1. The van der Waals surface area contributed by atoms with E-state index in [2.05, 4.69) is 55.2 Å². The highest BCUT2D eigenvalue weighted by Gasteiger charge is 2.41. The number of fused-ring (bicyclic) bond motifs is 1. The van der Waals surface area contributed by atoms with Gasteiger partial charge in [-0.25, -0.2) is 0 Å². The number of methoxy groups -OCH3 is 1. The van der Waals surface area contributed by atoms with Gasteiger partial charge in [0.15, 0.2) is 0 Å². The third-order valence-corrected chi connectivity index (χ3v) is 5.90. The molecule has 0 spiro atoms. The number of amides is 1. The van der Waals surface area contributed by atoms with Gasteiger partial charge in [0.1, 0.15) is 11.4 Å². The summed E-state index contributed by atoms with van der Waals surface area (Å²) in [6.07, 6.45) is 2.02. The van der Waals surface area contributed by atoms with Crippen molar-refractivity contribution in [3.8, 4) is 17.0 Å². The minimum Gasteiger partial charge on any atom is -0.497 e. The van der Waals surface area contributed by atoms with Crippen molar-refractivity contribution >= 4 is 5.91 Å². The van der Waals surface area contributed by atoms with Gasteiger partial charge in [-0.1, -0.05) is 51.5 Å². The van der Waals surface area contributed by atoms with E-state index >= 15 is 0 Å². The van der Waals surface area contributed by atoms with E-state index in [1.807, 2.05) is 29.2 Å². The summed E-state index contributed by atoms with van der Waals surface area (Å²) in [6, 6.07) is 16.4. The number of ether oxygens (including phenoxy) is 1. The average molecular weight is 404 g/mol. The fourth-order valence-electron chi connectivity index (χ4n) is 4.13. The summed E-state index contributed by atoms with van der Waals surface area (Å²) in [6.45, 7) is 7.27. The van der Waals surface area contributed by atoms with E-state index in [-0.39, 0.29) is 11.9 Å². The first-order valence-corrected chi connectivity index (χ1v) is 10.7. The molecule has 1 amide bonds. The number of nitrogens with zero attached hydrogens (tertiary/aromatic N) is 2. The van der Waals surface area contributed by atoms with Gasteiger partial charge in [-0.2, -0.15) is 5.10 Å². The molecule has 1 N–H and O–H groups in total. The maximum atomic E-state index is 13.2. The molecular weight excluding hydrogens is 374 g/mol. The Balaban J connectivity index is 1.80. The molecule has 30 heavy (non-hydrogen) atoms. The molecule has 2 aromatic carbocycles. The zero-order valence-corrected chi connectivity index (χ0v) is 18.1. The summed E-state index contributed by atoms with van der Waals surface area (Å²) in [5.74, 6) is 1.30. The Kier molecular flexibility index (Phi) is 5.62. The first kappa shape index (κ1) is 20.2. The number of nitrogens with one attached hydrogen (secondary N) is 1. The largest absolute Gasteiger partial charge is 0.497 e. The maximum absolute atomic E-state index is 13.2. The fraction of sp³-hybridized carbons (Fsp3) is 0.360. The summed E-state index contributed by atoms with van der Waals surface area (Å²) in [5.41, 5.74) is 5.80. The van der Waals surface area contributed by atoms with E-state index in [9.17, 15) is 4.79 Å². The lowest BCUT2D eigenvalue weighted by atomic mass is 9.93. The van der Waals surface area contributed by atoms with Crippen LogP contribution in [-0.4, -0.2) is 34.7 Å². The lowest BCUT2D eigenvalue weighted by Crippen LogP contribution is -2.30. The summed E-state index contributed by atoms with van der Waals surface area (Å²) in [7, 11) is 1.66. The third-order valence-electron chi connectivity index (χ3n) is 5.90. The molecule has 3 aromatic rings. The van der Waals surface area contributed by atoms with Gasteiger partial charge in [0.2, 0.25) is 0 Å². The number of carbonyl (C=O) groups is 1. The van der Waals surface area contributed by atoms with Crippen LogP contribution in [0.1, 0.15) is 72.8 Å². The molecule has 0 aliphatic carbocycles. The van der Waals surface area contributed by atoms with Crippen molar-refractivity contribution < 1.29 is 9.53 Å². The Morgan fingerprint density at radius 1 is 1.10 bits per heavy atom. The quantitative estimate of drug-likeness (QED) is 0.562. The summed E-state index contributed by atoms with van der Waals surface area (Å²) < 4.78 is 5.29. The van der Waals surface area contributed by atoms with Crippen LogP contribution in [0.15, 0.2) is 48.5 Å². The zero-order valence-electron chi connectivity index (χ0n) is 18.1. The van der Waals surface area contributed by atoms with Gasteiger partial charge in [-0.15, -0.1) is 0 Å². The van der Waals surface area contributed by atoms with Crippen molar-refractivity contribution in [2.75, 3.05) is 13.7 Å². The number of aromatic nitrogens is 2. The highest BCUT2D eigenvalue weighted by Crippen LogP contribution is 2.43. The van der Waals surface area contributed by atoms with Gasteiger partial charge in [0.25, 0.3) is 5.91 Å². The number of aromatic amines is 1. The Bertz CT molecular complexity index is 1020. The molecular formula is C25H29N3O2. The van der Waals surface area contributed by atoms with Gasteiger partial charge in [-0.05, 0) is 47.7 Å². The van der Waals surface area contributed by atoms with Crippen LogP contribution in [0.2, 0.25) is 0 Å². The van der Waals surface area contributed by atoms with E-state index < -0.39 is 0 Å². The Morgan fingerprint density at radius 2 is 1.80 bits per heavy atom. The van der Waals surface area contributed by atoms with Crippen LogP contribution in [-0.2, 0) is 0 Å². The maximum Gasteiger partial charge on any atom is 0.273 e. The molecule has 1 aromatic heterocycles. The molecule has 5 nitrogen and oxygen atoms in total. The Morgan fingerprint density at radius 3 is 2.40 bits per heavy atom. The van der Waals surface area contributed by atoms with E-state index in [0.29, 0.717) is 11.6 Å². The second-order valence-corrected chi connectivity index (χ2v) is 8.17. The van der Waals surface area contributed by atoms with E-state index in [1.54, 1.807) is 7.11 Å². The lowest BCUT2D eigenvalue weighted by molar-refractivity contribution is 0.0741. The standard InChI is InChI=1S/C25H29N3O2/c1-5-6-15-28-24(19-9-7-17(8-10-19)16(2)3)21-22(26-27-23(21)25(28)29)18-11-13-20(30-4)14-12-18/h7-14,16,24H,5-6,15H2,1-4H3,(H,26,27). The van der Waals surface area contributed by atoms with Crippen LogP contribution >= 0.6 is 0 Å². The highest BCUT2D eigenvalue weighted by molar-refractivity contribution is 6.00. The fourth-order valence-corrected chi connectivity index (χ4v) is 4.13. The number of benzene rings is 2. The molecule has 0 fully saturated rings. The number of hydrogen-bond donors (Lipinski definition) is 1. The third kappa shape index (κ3) is 3.49. The van der Waals surface area contributed by atoms with Crippen molar-refractivity contribution in [2.24, 2.45) is 0 Å². The Hall–Kier alpha value is -3.08. The molecule has 156 valence electrons. The van der Waals surface area contributed by atoms with Crippen LogP contribution in [0.25, 0.3) is 11.3 Å². The summed E-state index contributed by atoms with van der Waals surface area (Å²) in [5, 5.41) is 7.56. The lowest BCUT2D eigenvalue weighted by Gasteiger charge is -2.26. The molecule has 1 aliphatic rings. The summed E-state index contributed by atoms with van der Waals surface area (Å²) >= 11 is 0. The monoisotopic (exact) mass is 403 g/mol.